The maximum absolute atomic E-state index is 13.6. The first-order valence-electron chi connectivity index (χ1n) is 13.0. The highest BCUT2D eigenvalue weighted by atomic mass is 16.5. The van der Waals surface area contributed by atoms with E-state index < -0.39 is 0 Å². The minimum Gasteiger partial charge on any atom is -0.404 e. The van der Waals surface area contributed by atoms with Gasteiger partial charge in [0.25, 0.3) is 5.91 Å². The minimum atomic E-state index is -0.142. The molecule has 1 aliphatic rings. The summed E-state index contributed by atoms with van der Waals surface area (Å²) in [5.74, 6) is -0.142. The van der Waals surface area contributed by atoms with Gasteiger partial charge in [-0.3, -0.25) is 4.79 Å². The molecule has 37 heavy (non-hydrogen) atoms. The number of nitrogens with zero attached hydrogens (tertiary/aromatic N) is 2. The molecule has 0 aromatic heterocycles. The van der Waals surface area contributed by atoms with Gasteiger partial charge in [0, 0.05) is 55.2 Å². The van der Waals surface area contributed by atoms with Crippen LogP contribution in [0.15, 0.2) is 71.4 Å². The highest BCUT2D eigenvalue weighted by molar-refractivity contribution is 6.09. The van der Waals surface area contributed by atoms with Gasteiger partial charge in [-0.15, -0.1) is 0 Å². The Kier molecular flexibility index (Phi) is 11.9. The fraction of sp³-hybridized carbons (Fsp3) is 0.400. The van der Waals surface area contributed by atoms with Gasteiger partial charge in [0.15, 0.2) is 0 Å². The number of anilines is 1. The summed E-state index contributed by atoms with van der Waals surface area (Å²) in [6.07, 6.45) is 12.3. The van der Waals surface area contributed by atoms with Crippen LogP contribution in [0.4, 0.5) is 5.69 Å². The predicted molar refractivity (Wildman–Crippen MR) is 155 cm³/mol. The molecule has 0 aliphatic carbocycles. The number of benzene rings is 1. The number of likely N-dealkylation sites (N-methyl/N-ethyl adjacent to an activating group) is 1. The maximum atomic E-state index is 13.6. The summed E-state index contributed by atoms with van der Waals surface area (Å²) in [5.41, 5.74) is 12.7. The Labute approximate surface area is 222 Å². The first-order chi connectivity index (χ1) is 17.8. The number of amides is 1. The second-order valence-corrected chi connectivity index (χ2v) is 8.98. The molecule has 1 saturated heterocycles. The van der Waals surface area contributed by atoms with Crippen LogP contribution < -0.4 is 16.0 Å². The van der Waals surface area contributed by atoms with Gasteiger partial charge in [-0.2, -0.15) is 0 Å². The fourth-order valence-electron chi connectivity index (χ4n) is 4.10. The number of morpholine rings is 1. The van der Waals surface area contributed by atoms with E-state index in [0.717, 1.165) is 55.2 Å². The summed E-state index contributed by atoms with van der Waals surface area (Å²) in [5, 5.41) is 11.0. The molecule has 0 saturated carbocycles. The fourth-order valence-corrected chi connectivity index (χ4v) is 4.10. The molecule has 0 unspecified atom stereocenters. The number of nitrogens with two attached hydrogens (primary N) is 1. The molecule has 1 amide bonds. The quantitative estimate of drug-likeness (QED) is 0.216. The number of carbonyl (C=O) groups is 1. The summed E-state index contributed by atoms with van der Waals surface area (Å²) >= 11 is 0. The summed E-state index contributed by atoms with van der Waals surface area (Å²) in [4.78, 5) is 17.6. The lowest BCUT2D eigenvalue weighted by atomic mass is 10.0. The summed E-state index contributed by atoms with van der Waals surface area (Å²) in [6.45, 7) is 13.5. The van der Waals surface area contributed by atoms with Gasteiger partial charge in [0.05, 0.1) is 13.2 Å². The Bertz CT molecular complexity index is 1100. The van der Waals surface area contributed by atoms with Crippen LogP contribution in [0.3, 0.4) is 0 Å². The van der Waals surface area contributed by atoms with Gasteiger partial charge >= 0.3 is 0 Å². The molecule has 1 aliphatic heterocycles. The molecule has 200 valence electrons. The molecule has 7 nitrogen and oxygen atoms in total. The van der Waals surface area contributed by atoms with E-state index in [0.29, 0.717) is 17.7 Å². The van der Waals surface area contributed by atoms with Crippen LogP contribution in [0.25, 0.3) is 5.57 Å². The van der Waals surface area contributed by atoms with Crippen molar-refractivity contribution >= 4 is 23.4 Å². The number of nitrogens with one attached hydrogen (secondary N) is 2. The number of ether oxygens (including phenoxy) is 1. The van der Waals surface area contributed by atoms with E-state index in [-0.39, 0.29) is 5.91 Å². The van der Waals surface area contributed by atoms with Gasteiger partial charge in [0.2, 0.25) is 0 Å². The largest absolute Gasteiger partial charge is 0.404 e. The SMILES string of the molecule is C\C=C(/C=C\C(=C(/C)CC)N1CCOCC1)N/C(=C\CC)C(=O)N(C)c1cc(/C(C=N)=C/N)ccc1C. The highest BCUT2D eigenvalue weighted by Crippen LogP contribution is 2.25. The van der Waals surface area contributed by atoms with Crippen LogP contribution in [0.5, 0.6) is 0 Å². The highest BCUT2D eigenvalue weighted by Gasteiger charge is 2.19. The number of aryl methyl sites for hydroxylation is 1. The Hall–Kier alpha value is -3.58. The topological polar surface area (TPSA) is 94.7 Å². The molecule has 2 rings (SSSR count). The Balaban J connectivity index is 2.31. The van der Waals surface area contributed by atoms with E-state index in [1.165, 1.54) is 23.7 Å². The van der Waals surface area contributed by atoms with Gasteiger partial charge in [-0.25, -0.2) is 0 Å². The lowest BCUT2D eigenvalue weighted by molar-refractivity contribution is -0.115. The molecule has 4 N–H and O–H groups in total. The molecule has 0 spiro atoms. The van der Waals surface area contributed by atoms with Crippen molar-refractivity contribution in [3.8, 4) is 0 Å². The lowest BCUT2D eigenvalue weighted by Gasteiger charge is -2.31. The van der Waals surface area contributed by atoms with Crippen LogP contribution in [-0.4, -0.2) is 50.4 Å². The molecular weight excluding hydrogens is 462 g/mol. The number of rotatable bonds is 11. The second kappa shape index (κ2) is 14.9. The summed E-state index contributed by atoms with van der Waals surface area (Å²) < 4.78 is 5.53. The normalized spacial score (nSPS) is 16.1. The molecule has 7 heteroatoms. The number of hydrogen-bond acceptors (Lipinski definition) is 6. The van der Waals surface area contributed by atoms with Gasteiger partial charge in [0.1, 0.15) is 5.70 Å². The van der Waals surface area contributed by atoms with Crippen molar-refractivity contribution in [3.63, 3.8) is 0 Å². The number of allylic oxidation sites excluding steroid dienone is 6. The van der Waals surface area contributed by atoms with E-state index in [1.807, 2.05) is 57.2 Å². The Morgan fingerprint density at radius 3 is 2.51 bits per heavy atom. The second-order valence-electron chi connectivity index (χ2n) is 8.98. The standard InChI is InChI=1S/C30H43N5O2/c1-7-10-27(30(36)34(6)29-19-24(12-11-23(29)5)25(20-31)21-32)33-26(9-3)13-14-28(22(4)8-2)35-15-17-37-18-16-35/h9-14,19-21,31,33H,7-8,15-18,32H2,1-6H3/b14-13-,25-21+,26-9+,27-10-,28-22-,31-20?. The van der Waals surface area contributed by atoms with Crippen molar-refractivity contribution in [2.24, 2.45) is 5.73 Å². The maximum Gasteiger partial charge on any atom is 0.274 e. The van der Waals surface area contributed by atoms with Crippen LogP contribution in [0.2, 0.25) is 0 Å². The van der Waals surface area contributed by atoms with Gasteiger partial charge in [-0.05, 0) is 63.0 Å². The van der Waals surface area contributed by atoms with E-state index in [9.17, 15) is 4.79 Å². The van der Waals surface area contributed by atoms with E-state index in [2.05, 4.69) is 30.1 Å². The average Bonchev–Trinajstić information content (AvgIpc) is 2.93. The van der Waals surface area contributed by atoms with E-state index in [4.69, 9.17) is 15.9 Å². The molecule has 1 aromatic carbocycles. The molecule has 1 fully saturated rings. The third-order valence-electron chi connectivity index (χ3n) is 6.51. The van der Waals surface area contributed by atoms with E-state index >= 15 is 0 Å². The predicted octanol–water partition coefficient (Wildman–Crippen LogP) is 5.27. The molecule has 1 aromatic rings. The Morgan fingerprint density at radius 2 is 1.95 bits per heavy atom. The van der Waals surface area contributed by atoms with Crippen molar-refractivity contribution in [1.29, 1.82) is 5.41 Å². The Morgan fingerprint density at radius 1 is 1.24 bits per heavy atom. The van der Waals surface area contributed by atoms with Gasteiger partial charge in [-0.1, -0.05) is 43.7 Å². The zero-order valence-corrected chi connectivity index (χ0v) is 23.2. The minimum absolute atomic E-state index is 0.142. The first-order valence-corrected chi connectivity index (χ1v) is 13.0. The molecule has 1 heterocycles. The first kappa shape index (κ1) is 29.6. The third-order valence-corrected chi connectivity index (χ3v) is 6.51. The molecule has 0 radical (unpaired) electrons. The van der Waals surface area contributed by atoms with E-state index in [1.54, 1.807) is 11.9 Å². The summed E-state index contributed by atoms with van der Waals surface area (Å²) in [6, 6.07) is 5.74. The smallest absolute Gasteiger partial charge is 0.274 e. The van der Waals surface area contributed by atoms with Crippen LogP contribution >= 0.6 is 0 Å². The molecule has 0 atom stereocenters. The van der Waals surface area contributed by atoms with Crippen molar-refractivity contribution in [3.05, 3.63) is 82.5 Å². The van der Waals surface area contributed by atoms with Gasteiger partial charge < -0.3 is 31.0 Å². The zero-order chi connectivity index (χ0) is 27.4. The van der Waals surface area contributed by atoms with Crippen LogP contribution in [-0.2, 0) is 9.53 Å². The van der Waals surface area contributed by atoms with Crippen molar-refractivity contribution < 1.29 is 9.53 Å². The molecular formula is C30H43N5O2. The lowest BCUT2D eigenvalue weighted by Crippen LogP contribution is -2.35. The van der Waals surface area contributed by atoms with Crippen molar-refractivity contribution in [1.82, 2.24) is 10.2 Å². The van der Waals surface area contributed by atoms with Crippen LogP contribution in [0, 0.1) is 12.3 Å². The van der Waals surface area contributed by atoms with Crippen molar-refractivity contribution in [2.75, 3.05) is 38.3 Å². The number of carbonyl (C=O) groups excluding carboxylic acids is 1. The third kappa shape index (κ3) is 7.95. The number of hydrogen-bond donors (Lipinski definition) is 3. The van der Waals surface area contributed by atoms with Crippen molar-refractivity contribution in [2.45, 2.75) is 47.5 Å². The van der Waals surface area contributed by atoms with Crippen LogP contribution in [0.1, 0.15) is 51.7 Å². The summed E-state index contributed by atoms with van der Waals surface area (Å²) in [7, 11) is 1.77. The average molecular weight is 506 g/mol. The monoisotopic (exact) mass is 505 g/mol. The molecule has 0 bridgehead atoms. The zero-order valence-electron chi connectivity index (χ0n) is 23.2.